The number of ketones is 1. The highest BCUT2D eigenvalue weighted by Crippen LogP contribution is 2.59. The standard InChI is InChI=1S/C19H20F6O10S/c20-17(21,18(22,23)8-35-15(29)19(24,25)36(30,31)32)7-34-12(26)6-33-14(28)16-3-9-1-10(4-16)13(27)11(2-9)5-16/h9-11H,1-8H2,(H,30,31,32). The van der Waals surface area contributed by atoms with Crippen LogP contribution in [0.4, 0.5) is 26.3 Å². The van der Waals surface area contributed by atoms with E-state index in [4.69, 9.17) is 9.29 Å². The van der Waals surface area contributed by atoms with Crippen LogP contribution in [-0.4, -0.2) is 73.6 Å². The zero-order valence-corrected chi connectivity index (χ0v) is 19.0. The number of esters is 3. The summed E-state index contributed by atoms with van der Waals surface area (Å²) in [5.74, 6) is -16.8. The fourth-order valence-electron chi connectivity index (χ4n) is 5.04. The molecular formula is C19H20F6O10S. The van der Waals surface area contributed by atoms with Gasteiger partial charge in [0.2, 0.25) is 0 Å². The summed E-state index contributed by atoms with van der Waals surface area (Å²) in [5, 5.41) is -5.70. The molecule has 1 N–H and O–H groups in total. The SMILES string of the molecule is O=C(COC(=O)C12CC3CC(C1)C(=O)C(C3)C2)OCC(F)(F)C(F)(F)COC(=O)C(F)(F)S(=O)(=O)O. The van der Waals surface area contributed by atoms with Crippen molar-refractivity contribution < 1.29 is 72.7 Å². The summed E-state index contributed by atoms with van der Waals surface area (Å²) in [6.45, 7) is -6.29. The summed E-state index contributed by atoms with van der Waals surface area (Å²) in [4.78, 5) is 47.4. The Morgan fingerprint density at radius 1 is 0.889 bits per heavy atom. The number of hydrogen-bond donors (Lipinski definition) is 1. The molecular weight excluding hydrogens is 534 g/mol. The highest BCUT2D eigenvalue weighted by Gasteiger charge is 2.61. The molecule has 4 fully saturated rings. The van der Waals surface area contributed by atoms with Crippen molar-refractivity contribution in [1.29, 1.82) is 0 Å². The normalized spacial score (nSPS) is 28.1. The maximum atomic E-state index is 13.8. The molecule has 4 saturated carbocycles. The molecule has 2 unspecified atom stereocenters. The Bertz CT molecular complexity index is 1040. The van der Waals surface area contributed by atoms with Crippen molar-refractivity contribution in [2.24, 2.45) is 23.2 Å². The molecule has 0 aromatic heterocycles. The molecule has 4 aliphatic carbocycles. The number of ether oxygens (including phenoxy) is 3. The van der Waals surface area contributed by atoms with Crippen LogP contribution in [0.15, 0.2) is 0 Å². The van der Waals surface area contributed by atoms with Crippen LogP contribution in [0.1, 0.15) is 32.1 Å². The van der Waals surface area contributed by atoms with Gasteiger partial charge in [-0.05, 0) is 38.0 Å². The molecule has 204 valence electrons. The minimum Gasteiger partial charge on any atom is -0.456 e. The first kappa shape index (κ1) is 28.1. The lowest BCUT2D eigenvalue weighted by molar-refractivity contribution is -0.250. The largest absolute Gasteiger partial charge is 0.465 e. The number of halogens is 6. The first-order valence-corrected chi connectivity index (χ1v) is 11.9. The zero-order chi connectivity index (χ0) is 27.3. The van der Waals surface area contributed by atoms with Gasteiger partial charge in [-0.25, -0.2) is 9.59 Å². The van der Waals surface area contributed by atoms with Crippen LogP contribution in [0.3, 0.4) is 0 Å². The van der Waals surface area contributed by atoms with E-state index in [1.165, 1.54) is 0 Å². The van der Waals surface area contributed by atoms with Crippen LogP contribution >= 0.6 is 0 Å². The topological polar surface area (TPSA) is 150 Å². The van der Waals surface area contributed by atoms with Gasteiger partial charge in [-0.3, -0.25) is 14.1 Å². The molecule has 2 atom stereocenters. The van der Waals surface area contributed by atoms with Crippen LogP contribution in [0.2, 0.25) is 0 Å². The number of alkyl halides is 6. The second-order valence-electron chi connectivity index (χ2n) is 9.24. The third-order valence-corrected chi connectivity index (χ3v) is 7.46. The van der Waals surface area contributed by atoms with Crippen LogP contribution in [0.25, 0.3) is 0 Å². The van der Waals surface area contributed by atoms with Crippen molar-refractivity contribution in [3.05, 3.63) is 0 Å². The van der Waals surface area contributed by atoms with Crippen LogP contribution < -0.4 is 0 Å². The number of Topliss-reactive ketones (excluding diaryl/α,β-unsaturated/α-hetero) is 1. The van der Waals surface area contributed by atoms with Crippen LogP contribution in [0.5, 0.6) is 0 Å². The fraction of sp³-hybridized carbons (Fsp3) is 0.789. The molecule has 10 nitrogen and oxygen atoms in total. The van der Waals surface area contributed by atoms with E-state index >= 15 is 0 Å². The van der Waals surface area contributed by atoms with Crippen molar-refractivity contribution in [3.63, 3.8) is 0 Å². The van der Waals surface area contributed by atoms with E-state index in [2.05, 4.69) is 9.47 Å². The number of rotatable bonds is 10. The van der Waals surface area contributed by atoms with E-state index in [1.54, 1.807) is 0 Å². The minimum absolute atomic E-state index is 0.0735. The van der Waals surface area contributed by atoms with Crippen molar-refractivity contribution in [2.45, 2.75) is 49.2 Å². The third kappa shape index (κ3) is 5.17. The van der Waals surface area contributed by atoms with E-state index < -0.39 is 70.4 Å². The number of carbonyl (C=O) groups is 4. The average Bonchev–Trinajstić information content (AvgIpc) is 2.76. The minimum atomic E-state index is -6.42. The molecule has 17 heteroatoms. The van der Waals surface area contributed by atoms with Crippen molar-refractivity contribution in [2.75, 3.05) is 19.8 Å². The summed E-state index contributed by atoms with van der Waals surface area (Å²) >= 11 is 0. The predicted octanol–water partition coefficient (Wildman–Crippen LogP) is 1.76. The summed E-state index contributed by atoms with van der Waals surface area (Å²) in [5.41, 5.74) is -1.00. The Morgan fingerprint density at radius 3 is 1.89 bits per heavy atom. The summed E-state index contributed by atoms with van der Waals surface area (Å²) in [7, 11) is -6.42. The molecule has 4 aliphatic rings. The number of hydrogen-bond acceptors (Lipinski definition) is 9. The molecule has 4 bridgehead atoms. The van der Waals surface area contributed by atoms with Crippen LogP contribution in [-0.2, 0) is 43.5 Å². The maximum absolute atomic E-state index is 13.8. The van der Waals surface area contributed by atoms with Gasteiger partial charge in [0, 0.05) is 11.8 Å². The van der Waals surface area contributed by atoms with Gasteiger partial charge in [0.15, 0.2) is 19.8 Å². The zero-order valence-electron chi connectivity index (χ0n) is 18.2. The van der Waals surface area contributed by atoms with Crippen molar-refractivity contribution in [3.8, 4) is 0 Å². The van der Waals surface area contributed by atoms with E-state index in [1.807, 2.05) is 0 Å². The average molecular weight is 554 g/mol. The highest BCUT2D eigenvalue weighted by atomic mass is 32.2. The molecule has 36 heavy (non-hydrogen) atoms. The van der Waals surface area contributed by atoms with Crippen LogP contribution in [0, 0.1) is 23.2 Å². The summed E-state index contributed by atoms with van der Waals surface area (Å²) in [6, 6.07) is 0. The van der Waals surface area contributed by atoms with Gasteiger partial charge in [-0.2, -0.15) is 34.8 Å². The van der Waals surface area contributed by atoms with Gasteiger partial charge in [0.25, 0.3) is 0 Å². The lowest BCUT2D eigenvalue weighted by Gasteiger charge is -2.53. The highest BCUT2D eigenvalue weighted by molar-refractivity contribution is 7.87. The molecule has 0 radical (unpaired) electrons. The van der Waals surface area contributed by atoms with Gasteiger partial charge in [-0.1, -0.05) is 0 Å². The second-order valence-corrected chi connectivity index (χ2v) is 10.7. The molecule has 0 saturated heterocycles. The lowest BCUT2D eigenvalue weighted by Crippen LogP contribution is -2.55. The summed E-state index contributed by atoms with van der Waals surface area (Å²) < 4.78 is 122. The van der Waals surface area contributed by atoms with Gasteiger partial charge in [-0.15, -0.1) is 0 Å². The molecule has 0 amide bonds. The Morgan fingerprint density at radius 2 is 1.39 bits per heavy atom. The lowest BCUT2D eigenvalue weighted by atomic mass is 9.49. The molecule has 0 aliphatic heterocycles. The Labute approximate surface area is 199 Å². The first-order valence-electron chi connectivity index (χ1n) is 10.5. The van der Waals surface area contributed by atoms with Gasteiger partial charge >= 0.3 is 45.1 Å². The summed E-state index contributed by atoms with van der Waals surface area (Å²) in [6.07, 6.45) is 2.19. The maximum Gasteiger partial charge on any atom is 0.465 e. The molecule has 4 rings (SSSR count). The molecule has 0 heterocycles. The molecule has 0 spiro atoms. The first-order chi connectivity index (χ1) is 16.3. The van der Waals surface area contributed by atoms with E-state index in [0.29, 0.717) is 19.3 Å². The predicted molar refractivity (Wildman–Crippen MR) is 100 cm³/mol. The van der Waals surface area contributed by atoms with Crippen molar-refractivity contribution >= 4 is 33.8 Å². The second kappa shape index (κ2) is 9.15. The van der Waals surface area contributed by atoms with Crippen molar-refractivity contribution in [1.82, 2.24) is 0 Å². The van der Waals surface area contributed by atoms with E-state index in [9.17, 15) is 53.9 Å². The molecule has 0 aromatic rings. The van der Waals surface area contributed by atoms with Gasteiger partial charge in [0.05, 0.1) is 5.41 Å². The van der Waals surface area contributed by atoms with E-state index in [0.717, 1.165) is 0 Å². The molecule has 0 aromatic carbocycles. The smallest absolute Gasteiger partial charge is 0.456 e. The fourth-order valence-corrected chi connectivity index (χ4v) is 5.31. The van der Waals surface area contributed by atoms with Gasteiger partial charge < -0.3 is 14.2 Å². The third-order valence-electron chi connectivity index (χ3n) is 6.64. The van der Waals surface area contributed by atoms with E-state index in [-0.39, 0.29) is 36.4 Å². The number of carbonyl (C=O) groups excluding carboxylic acids is 4. The Balaban J connectivity index is 1.49. The monoisotopic (exact) mass is 554 g/mol. The van der Waals surface area contributed by atoms with Gasteiger partial charge in [0.1, 0.15) is 5.78 Å². The Kier molecular flexibility index (Phi) is 7.15. The quantitative estimate of drug-likeness (QED) is 0.183. The Hall–Kier alpha value is -2.43.